The van der Waals surface area contributed by atoms with E-state index in [4.69, 9.17) is 21.1 Å². The number of hydrogen-bond donors (Lipinski definition) is 0. The van der Waals surface area contributed by atoms with Gasteiger partial charge in [0.2, 0.25) is 5.75 Å². The molecule has 9 nitrogen and oxygen atoms in total. The van der Waals surface area contributed by atoms with Gasteiger partial charge in [-0.15, -0.1) is 0 Å². The van der Waals surface area contributed by atoms with Gasteiger partial charge in [-0.2, -0.15) is 0 Å². The van der Waals surface area contributed by atoms with Gasteiger partial charge < -0.3 is 9.47 Å². The topological polar surface area (TPSA) is 117 Å². The number of hydrogen-bond acceptors (Lipinski definition) is 7. The number of nitro groups is 2. The van der Waals surface area contributed by atoms with Crippen LogP contribution in [-0.4, -0.2) is 22.7 Å². The molecule has 3 aromatic carbocycles. The van der Waals surface area contributed by atoms with Crippen molar-refractivity contribution in [1.29, 1.82) is 0 Å². The van der Waals surface area contributed by atoms with Crippen LogP contribution in [-0.2, 0) is 0 Å². The van der Waals surface area contributed by atoms with E-state index >= 15 is 0 Å². The predicted molar refractivity (Wildman–Crippen MR) is 126 cm³/mol. The molecule has 10 heteroatoms. The number of nitro benzene ring substituents is 2. The summed E-state index contributed by atoms with van der Waals surface area (Å²) in [5.74, 6) is 0.101. The summed E-state index contributed by atoms with van der Waals surface area (Å²) in [6, 6.07) is 12.2. The van der Waals surface area contributed by atoms with Crippen molar-refractivity contribution >= 4 is 34.9 Å². The smallest absolute Gasteiger partial charge is 0.318 e. The van der Waals surface area contributed by atoms with Crippen molar-refractivity contribution < 1.29 is 19.3 Å². The van der Waals surface area contributed by atoms with Crippen molar-refractivity contribution in [3.63, 3.8) is 0 Å². The van der Waals surface area contributed by atoms with Crippen LogP contribution in [0.1, 0.15) is 23.6 Å². The molecule has 0 unspecified atom stereocenters. The molecule has 0 saturated heterocycles. The Bertz CT molecular complexity index is 1260. The maximum Gasteiger partial charge on any atom is 0.318 e. The lowest BCUT2D eigenvalue weighted by molar-refractivity contribution is -0.394. The predicted octanol–water partition coefficient (Wildman–Crippen LogP) is 6.71. The van der Waals surface area contributed by atoms with E-state index in [9.17, 15) is 20.2 Å². The molecule has 0 amide bonds. The van der Waals surface area contributed by atoms with Gasteiger partial charge in [0.05, 0.1) is 33.2 Å². The van der Waals surface area contributed by atoms with Crippen molar-refractivity contribution in [2.75, 3.05) is 6.61 Å². The van der Waals surface area contributed by atoms with Crippen LogP contribution < -0.4 is 9.47 Å². The van der Waals surface area contributed by atoms with Crippen LogP contribution in [0.3, 0.4) is 0 Å². The number of benzene rings is 3. The minimum atomic E-state index is -0.762. The Morgan fingerprint density at radius 1 is 1.00 bits per heavy atom. The monoisotopic (exact) mass is 469 g/mol. The summed E-state index contributed by atoms with van der Waals surface area (Å²) in [6.45, 7) is 6.02. The minimum Gasteiger partial charge on any atom is -0.490 e. The molecule has 0 saturated carbocycles. The lowest BCUT2D eigenvalue weighted by Crippen LogP contribution is -2.00. The van der Waals surface area contributed by atoms with Crippen LogP contribution >= 0.6 is 11.6 Å². The van der Waals surface area contributed by atoms with E-state index in [-0.39, 0.29) is 28.9 Å². The molecule has 0 radical (unpaired) electrons. The first-order valence-corrected chi connectivity index (χ1v) is 10.3. The molecular weight excluding hydrogens is 450 g/mol. The fraction of sp³-hybridized carbons (Fsp3) is 0.174. The molecule has 0 bridgehead atoms. The molecule has 0 atom stereocenters. The summed E-state index contributed by atoms with van der Waals surface area (Å²) < 4.78 is 11.3. The van der Waals surface area contributed by atoms with E-state index < -0.39 is 21.2 Å². The Kier molecular flexibility index (Phi) is 7.24. The molecule has 0 fully saturated rings. The number of halogens is 1. The van der Waals surface area contributed by atoms with E-state index in [0.29, 0.717) is 5.56 Å². The molecule has 0 aliphatic carbocycles. The summed E-state index contributed by atoms with van der Waals surface area (Å²) in [5.41, 5.74) is 2.60. The van der Waals surface area contributed by atoms with Gasteiger partial charge in [0.25, 0.3) is 5.69 Å². The second-order valence-corrected chi connectivity index (χ2v) is 7.49. The third kappa shape index (κ3) is 5.64. The molecule has 3 aromatic rings. The summed E-state index contributed by atoms with van der Waals surface area (Å²) in [5, 5.41) is 22.5. The van der Waals surface area contributed by atoms with Gasteiger partial charge >= 0.3 is 5.69 Å². The van der Waals surface area contributed by atoms with Gasteiger partial charge in [-0.3, -0.25) is 25.2 Å². The van der Waals surface area contributed by atoms with Crippen molar-refractivity contribution in [2.24, 2.45) is 4.99 Å². The van der Waals surface area contributed by atoms with Crippen molar-refractivity contribution in [3.05, 3.63) is 90.5 Å². The molecule has 0 spiro atoms. The van der Waals surface area contributed by atoms with Crippen LogP contribution in [0.4, 0.5) is 17.1 Å². The van der Waals surface area contributed by atoms with Crippen molar-refractivity contribution in [3.8, 4) is 17.2 Å². The molecule has 33 heavy (non-hydrogen) atoms. The lowest BCUT2D eigenvalue weighted by atomic mass is 10.1. The van der Waals surface area contributed by atoms with Crippen LogP contribution in [0, 0.1) is 34.1 Å². The van der Waals surface area contributed by atoms with Gasteiger partial charge in [0.15, 0.2) is 11.5 Å². The van der Waals surface area contributed by atoms with E-state index in [1.807, 2.05) is 32.0 Å². The van der Waals surface area contributed by atoms with Crippen molar-refractivity contribution in [1.82, 2.24) is 0 Å². The average molecular weight is 470 g/mol. The molecule has 0 heterocycles. The normalized spacial score (nSPS) is 10.9. The zero-order valence-corrected chi connectivity index (χ0v) is 18.8. The number of rotatable bonds is 8. The zero-order valence-electron chi connectivity index (χ0n) is 18.1. The van der Waals surface area contributed by atoms with E-state index in [1.54, 1.807) is 25.3 Å². The Morgan fingerprint density at radius 2 is 1.76 bits per heavy atom. The van der Waals surface area contributed by atoms with Crippen molar-refractivity contribution in [2.45, 2.75) is 20.8 Å². The van der Waals surface area contributed by atoms with Gasteiger partial charge in [-0.1, -0.05) is 29.3 Å². The first-order chi connectivity index (χ1) is 15.7. The van der Waals surface area contributed by atoms with E-state index in [2.05, 4.69) is 4.99 Å². The molecule has 0 aromatic heterocycles. The molecule has 170 valence electrons. The van der Waals surface area contributed by atoms with Gasteiger partial charge in [0, 0.05) is 12.3 Å². The molecule has 0 N–H and O–H groups in total. The highest BCUT2D eigenvalue weighted by Gasteiger charge is 2.23. The quantitative estimate of drug-likeness (QED) is 0.205. The van der Waals surface area contributed by atoms with E-state index in [1.165, 1.54) is 0 Å². The van der Waals surface area contributed by atoms with Crippen LogP contribution in [0.25, 0.3) is 0 Å². The first kappa shape index (κ1) is 23.7. The average Bonchev–Trinajstić information content (AvgIpc) is 2.75. The molecule has 0 aliphatic rings. The standard InChI is InChI=1S/C23H20ClN3O6/c1-4-32-22-11-16(13-25-19-7-5-14(2)9-15(19)3)10-18(24)23(22)33-21-8-6-17(26(28)29)12-20(21)27(30)31/h5-13H,4H2,1-3H3. The number of ether oxygens (including phenoxy) is 2. The summed E-state index contributed by atoms with van der Waals surface area (Å²) in [6.07, 6.45) is 1.63. The van der Waals surface area contributed by atoms with Crippen LogP contribution in [0.5, 0.6) is 17.2 Å². The van der Waals surface area contributed by atoms with Crippen LogP contribution in [0.15, 0.2) is 53.5 Å². The van der Waals surface area contributed by atoms with Gasteiger partial charge in [-0.05, 0) is 56.2 Å². The van der Waals surface area contributed by atoms with E-state index in [0.717, 1.165) is 35.0 Å². The number of aliphatic imine (C=N–C) groups is 1. The summed E-state index contributed by atoms with van der Waals surface area (Å²) >= 11 is 6.42. The molecular formula is C23H20ClN3O6. The Morgan fingerprint density at radius 3 is 2.39 bits per heavy atom. The number of non-ortho nitro benzene ring substituents is 1. The fourth-order valence-electron chi connectivity index (χ4n) is 3.08. The highest BCUT2D eigenvalue weighted by atomic mass is 35.5. The first-order valence-electron chi connectivity index (χ1n) is 9.88. The third-order valence-corrected chi connectivity index (χ3v) is 4.88. The zero-order chi connectivity index (χ0) is 24.1. The second-order valence-electron chi connectivity index (χ2n) is 7.08. The van der Waals surface area contributed by atoms with Gasteiger partial charge in [0.1, 0.15) is 0 Å². The second kappa shape index (κ2) is 10.1. The Hall–Kier alpha value is -3.98. The maximum absolute atomic E-state index is 11.4. The summed E-state index contributed by atoms with van der Waals surface area (Å²) in [7, 11) is 0. The van der Waals surface area contributed by atoms with Gasteiger partial charge in [-0.25, -0.2) is 0 Å². The molecule has 3 rings (SSSR count). The highest BCUT2D eigenvalue weighted by Crippen LogP contribution is 2.42. The fourth-order valence-corrected chi connectivity index (χ4v) is 3.33. The minimum absolute atomic E-state index is 0.0548. The largest absolute Gasteiger partial charge is 0.490 e. The van der Waals surface area contributed by atoms with Crippen LogP contribution in [0.2, 0.25) is 5.02 Å². The maximum atomic E-state index is 11.4. The lowest BCUT2D eigenvalue weighted by Gasteiger charge is -2.14. The number of nitrogens with zero attached hydrogens (tertiary/aromatic N) is 3. The number of aryl methyl sites for hydroxylation is 2. The Labute approximate surface area is 194 Å². The summed E-state index contributed by atoms with van der Waals surface area (Å²) in [4.78, 5) is 25.4. The third-order valence-electron chi connectivity index (χ3n) is 4.60. The Balaban J connectivity index is 1.99. The molecule has 0 aliphatic heterocycles. The highest BCUT2D eigenvalue weighted by molar-refractivity contribution is 6.32. The SMILES string of the molecule is CCOc1cc(C=Nc2ccc(C)cc2C)cc(Cl)c1Oc1ccc([N+](=O)[O-])cc1[N+](=O)[O-].